The largest absolute Gasteiger partial charge is 0.355 e. The molecule has 0 atom stereocenters. The average molecular weight is 1660 g/mol. The molecule has 0 aliphatic carbocycles. The number of aromatic amines is 1. The third kappa shape index (κ3) is 14.5. The number of para-hydroxylation sites is 2. The zero-order valence-electron chi connectivity index (χ0n) is 67.6. The van der Waals surface area contributed by atoms with Gasteiger partial charge in [0, 0.05) is 109 Å². The van der Waals surface area contributed by atoms with E-state index in [4.69, 9.17) is 24.9 Å². The van der Waals surface area contributed by atoms with Crippen molar-refractivity contribution in [3.63, 3.8) is 0 Å². The molecule has 0 spiro atoms. The van der Waals surface area contributed by atoms with Crippen molar-refractivity contribution >= 4 is 103 Å². The topological polar surface area (TPSA) is 108 Å². The summed E-state index contributed by atoms with van der Waals surface area (Å²) in [6.07, 6.45) is 0. The maximum Gasteiger partial charge on any atom is 0.164 e. The van der Waals surface area contributed by atoms with E-state index in [1.165, 1.54) is 121 Å². The molecule has 0 saturated heterocycles. The van der Waals surface area contributed by atoms with E-state index in [1.54, 1.807) is 0 Å². The first kappa shape index (κ1) is 74.9. The summed E-state index contributed by atoms with van der Waals surface area (Å²) < 4.78 is 8.23. The molecule has 0 fully saturated rings. The minimum Gasteiger partial charge on any atom is -0.355 e. The number of nitrogens with zero attached hydrogens (tertiary/aromatic N) is 9. The van der Waals surface area contributed by atoms with Gasteiger partial charge in [0.2, 0.25) is 0 Å². The summed E-state index contributed by atoms with van der Waals surface area (Å²) in [5.74, 6) is 3.94. The molecule has 6 aromatic heterocycles. The van der Waals surface area contributed by atoms with Gasteiger partial charge >= 0.3 is 0 Å². The van der Waals surface area contributed by atoms with Crippen molar-refractivity contribution in [2.75, 3.05) is 0 Å². The number of aromatic nitrogens is 10. The molecule has 0 saturated carbocycles. The van der Waals surface area contributed by atoms with E-state index in [1.807, 2.05) is 146 Å². The van der Waals surface area contributed by atoms with Crippen LogP contribution >= 0.6 is 15.9 Å². The fraction of sp³-hybridized carbons (Fsp3) is 0. The molecule has 24 rings (SSSR count). The van der Waals surface area contributed by atoms with Crippen molar-refractivity contribution in [3.8, 4) is 130 Å². The van der Waals surface area contributed by atoms with E-state index in [0.717, 1.165) is 65.8 Å². The summed E-state index contributed by atoms with van der Waals surface area (Å²) >= 11 is 3.47. The molecule has 0 aliphatic heterocycles. The molecule has 18 aromatic carbocycles. The number of hydrogen-bond acceptors (Lipinski definition) is 6. The lowest BCUT2D eigenvalue weighted by molar-refractivity contribution is 1.07. The van der Waals surface area contributed by atoms with Crippen LogP contribution in [0.4, 0.5) is 0 Å². The van der Waals surface area contributed by atoms with Gasteiger partial charge in [-0.25, -0.2) is 29.9 Å². The van der Waals surface area contributed by atoms with Crippen molar-refractivity contribution in [3.05, 3.63) is 453 Å². The van der Waals surface area contributed by atoms with Crippen LogP contribution in [-0.4, -0.2) is 48.6 Å². The monoisotopic (exact) mass is 1660 g/mol. The number of benzene rings is 18. The van der Waals surface area contributed by atoms with Gasteiger partial charge in [0.1, 0.15) is 0 Å². The Kier molecular flexibility index (Phi) is 19.6. The first-order valence-corrected chi connectivity index (χ1v) is 42.7. The maximum atomic E-state index is 4.98. The molecule has 0 amide bonds. The van der Waals surface area contributed by atoms with E-state index in [2.05, 4.69) is 343 Å². The molecule has 588 valence electrons. The zero-order valence-corrected chi connectivity index (χ0v) is 69.2. The van der Waals surface area contributed by atoms with Gasteiger partial charge in [-0.05, 0) is 178 Å². The number of hydrogen-bond donors (Lipinski definition) is 1. The lowest BCUT2D eigenvalue weighted by Gasteiger charge is -2.12. The quantitative estimate of drug-likeness (QED) is 0.123. The predicted molar refractivity (Wildman–Crippen MR) is 521 cm³/mol. The highest BCUT2D eigenvalue weighted by Gasteiger charge is 2.22. The van der Waals surface area contributed by atoms with E-state index < -0.39 is 0 Å². The van der Waals surface area contributed by atoms with Gasteiger partial charge in [-0.2, -0.15) is 0 Å². The van der Waals surface area contributed by atoms with Crippen molar-refractivity contribution in [1.82, 2.24) is 48.6 Å². The second-order valence-corrected chi connectivity index (χ2v) is 32.1. The molecule has 6 heterocycles. The molecular weight excluding hydrogens is 1590 g/mol. The Hall–Kier alpha value is -16.3. The summed E-state index contributed by atoms with van der Waals surface area (Å²) in [7, 11) is 0. The summed E-state index contributed by atoms with van der Waals surface area (Å²) in [6, 6.07) is 158. The Bertz CT molecular complexity index is 7790. The molecular formula is C114H75BrN10. The SMILES string of the molecule is Brc1ccc(-c2nc(-c3ccccc3)nc(-c3ccccc3)n2)cc1.c1ccc(-c2ccc3c(c2)c2cc(-c4ccccc4)ccc2n3-c2ccc3[nH]c4ccccc4c3c2)cc1.c1ccc(-c2ccc3c(c2)c2cc(-c4ccccc4)ccc2n3-c2ccc3c(c2)c2ccccc2n3-c2ccc(-c3nc(-c4ccccc4)nc(-c4ccccc4)n3)cc2)cc1. The summed E-state index contributed by atoms with van der Waals surface area (Å²) in [4.78, 5) is 32.5. The zero-order chi connectivity index (χ0) is 83.1. The van der Waals surface area contributed by atoms with Crippen LogP contribution in [0.5, 0.6) is 0 Å². The van der Waals surface area contributed by atoms with Crippen LogP contribution in [0.25, 0.3) is 217 Å². The standard InChI is InChI=1S/C57H37N5.C36H24N2.C21H14BrN3/c1-5-15-38(16-6-1)43-27-32-52-48(35-43)49-36-44(39-17-7-2-8-18-39)28-33-53(49)62(52)46-31-34-54-50(37-46)47-23-13-14-24-51(47)61(54)45-29-25-42(26-30-45)57-59-55(40-19-9-3-10-20-40)58-56(60-57)41-21-11-4-12-22-41;1-3-9-24(10-4-1)26-15-19-35-31(21-26)32-22-27(25-11-5-2-6-12-25)16-20-36(32)38(35)28-17-18-34-30(23-28)29-13-7-8-14-33(29)37-34;22-18-13-11-17(12-14-18)21-24-19(15-7-3-1-4-8-15)23-20(25-21)16-9-5-2-6-10-16/h1-37H;1-23,37H;1-14H. The number of nitrogens with one attached hydrogen (secondary N) is 1. The number of H-pyrrole nitrogens is 1. The normalized spacial score (nSPS) is 11.4. The van der Waals surface area contributed by atoms with Gasteiger partial charge in [-0.1, -0.05) is 331 Å². The van der Waals surface area contributed by atoms with Crippen LogP contribution in [0.2, 0.25) is 0 Å². The molecule has 11 heteroatoms. The van der Waals surface area contributed by atoms with E-state index in [9.17, 15) is 0 Å². The Morgan fingerprint density at radius 2 is 0.392 bits per heavy atom. The fourth-order valence-electron chi connectivity index (χ4n) is 17.4. The fourth-order valence-corrected chi connectivity index (χ4v) is 17.7. The second-order valence-electron chi connectivity index (χ2n) is 31.1. The average Bonchev–Trinajstić information content (AvgIpc) is 1.59. The van der Waals surface area contributed by atoms with Crippen molar-refractivity contribution in [2.24, 2.45) is 0 Å². The molecule has 10 nitrogen and oxygen atoms in total. The Morgan fingerprint density at radius 3 is 0.752 bits per heavy atom. The Morgan fingerprint density at radius 1 is 0.160 bits per heavy atom. The van der Waals surface area contributed by atoms with E-state index >= 15 is 0 Å². The predicted octanol–water partition coefficient (Wildman–Crippen LogP) is 29.8. The van der Waals surface area contributed by atoms with Gasteiger partial charge < -0.3 is 18.7 Å². The van der Waals surface area contributed by atoms with Crippen LogP contribution < -0.4 is 0 Å². The summed E-state index contributed by atoms with van der Waals surface area (Å²) in [5, 5.41) is 9.87. The van der Waals surface area contributed by atoms with Gasteiger partial charge in [-0.3, -0.25) is 0 Å². The molecule has 0 radical (unpaired) electrons. The molecule has 0 aliphatic rings. The summed E-state index contributed by atoms with van der Waals surface area (Å²) in [5.41, 5.74) is 28.2. The number of halogens is 1. The van der Waals surface area contributed by atoms with E-state index in [0.29, 0.717) is 34.9 Å². The minimum atomic E-state index is 0.633. The lowest BCUT2D eigenvalue weighted by atomic mass is 10.0. The van der Waals surface area contributed by atoms with Crippen LogP contribution in [0.15, 0.2) is 453 Å². The van der Waals surface area contributed by atoms with Crippen molar-refractivity contribution < 1.29 is 0 Å². The lowest BCUT2D eigenvalue weighted by Crippen LogP contribution is -2.00. The summed E-state index contributed by atoms with van der Waals surface area (Å²) in [6.45, 7) is 0. The Balaban J connectivity index is 0.000000124. The third-order valence-electron chi connectivity index (χ3n) is 23.5. The van der Waals surface area contributed by atoms with Crippen molar-refractivity contribution in [1.29, 1.82) is 0 Å². The molecule has 0 bridgehead atoms. The smallest absolute Gasteiger partial charge is 0.164 e. The maximum absolute atomic E-state index is 4.98. The first-order chi connectivity index (χ1) is 61.9. The number of rotatable bonds is 13. The molecule has 1 N–H and O–H groups in total. The minimum absolute atomic E-state index is 0.633. The van der Waals surface area contributed by atoms with Crippen LogP contribution in [0.3, 0.4) is 0 Å². The van der Waals surface area contributed by atoms with Gasteiger partial charge in [0.25, 0.3) is 0 Å². The van der Waals surface area contributed by atoms with Gasteiger partial charge in [0.15, 0.2) is 34.9 Å². The second kappa shape index (κ2) is 32.7. The van der Waals surface area contributed by atoms with Crippen molar-refractivity contribution in [2.45, 2.75) is 0 Å². The third-order valence-corrected chi connectivity index (χ3v) is 24.0. The number of fused-ring (bicyclic) bond motifs is 12. The Labute approximate surface area is 729 Å². The van der Waals surface area contributed by atoms with E-state index in [-0.39, 0.29) is 0 Å². The molecule has 0 unspecified atom stereocenters. The van der Waals surface area contributed by atoms with Gasteiger partial charge in [-0.15, -0.1) is 0 Å². The van der Waals surface area contributed by atoms with Gasteiger partial charge in [0.05, 0.1) is 33.1 Å². The highest BCUT2D eigenvalue weighted by molar-refractivity contribution is 9.10. The van der Waals surface area contributed by atoms with Crippen LogP contribution in [0, 0.1) is 0 Å². The molecule has 125 heavy (non-hydrogen) atoms. The molecule has 24 aromatic rings. The first-order valence-electron chi connectivity index (χ1n) is 41.9. The highest BCUT2D eigenvalue weighted by Crippen LogP contribution is 2.43. The van der Waals surface area contributed by atoms with Crippen LogP contribution in [0.1, 0.15) is 0 Å². The van der Waals surface area contributed by atoms with Crippen LogP contribution in [-0.2, 0) is 0 Å². The highest BCUT2D eigenvalue weighted by atomic mass is 79.9.